The molecule has 0 fully saturated rings. The molecule has 1 aromatic carbocycles. The molecule has 16 heavy (non-hydrogen) atoms. The molecule has 0 aliphatic carbocycles. The van der Waals surface area contributed by atoms with Gasteiger partial charge in [0.2, 0.25) is 0 Å². The second-order valence-corrected chi connectivity index (χ2v) is 3.43. The maximum absolute atomic E-state index is 11.1. The molecule has 0 amide bonds. The lowest BCUT2D eigenvalue weighted by Crippen LogP contribution is -2.12. The number of ketones is 1. The topological polar surface area (TPSA) is 63.6 Å². The molecule has 1 N–H and O–H groups in total. The number of carboxylic acid groups (broad SMARTS) is 1. The fourth-order valence-electron chi connectivity index (χ4n) is 1.37. The summed E-state index contributed by atoms with van der Waals surface area (Å²) in [5.41, 5.74) is 1.28. The lowest BCUT2D eigenvalue weighted by molar-refractivity contribution is -0.131. The van der Waals surface area contributed by atoms with Crippen molar-refractivity contribution in [3.63, 3.8) is 0 Å². The second-order valence-electron chi connectivity index (χ2n) is 3.43. The molecule has 4 heteroatoms. The first-order valence-electron chi connectivity index (χ1n) is 5.00. The maximum Gasteiger partial charge on any atom is 0.377 e. The van der Waals surface area contributed by atoms with E-state index in [9.17, 15) is 9.59 Å². The van der Waals surface area contributed by atoms with Gasteiger partial charge in [0.15, 0.2) is 0 Å². The van der Waals surface area contributed by atoms with E-state index in [1.807, 2.05) is 0 Å². The van der Waals surface area contributed by atoms with Crippen LogP contribution in [0, 0.1) is 0 Å². The van der Waals surface area contributed by atoms with E-state index in [-0.39, 0.29) is 5.56 Å². The molecule has 4 nitrogen and oxygen atoms in total. The summed E-state index contributed by atoms with van der Waals surface area (Å²) in [7, 11) is 1.65. The fourth-order valence-corrected chi connectivity index (χ4v) is 1.37. The Kier molecular flexibility index (Phi) is 4.66. The Morgan fingerprint density at radius 1 is 1.25 bits per heavy atom. The van der Waals surface area contributed by atoms with Crippen LogP contribution in [0.1, 0.15) is 22.3 Å². The molecule has 0 atom stereocenters. The Labute approximate surface area is 93.9 Å². The summed E-state index contributed by atoms with van der Waals surface area (Å²) >= 11 is 0. The van der Waals surface area contributed by atoms with Crippen molar-refractivity contribution in [3.05, 3.63) is 35.4 Å². The second kappa shape index (κ2) is 6.02. The van der Waals surface area contributed by atoms with Crippen LogP contribution >= 0.6 is 0 Å². The molecule has 0 bridgehead atoms. The Morgan fingerprint density at radius 3 is 2.38 bits per heavy atom. The van der Waals surface area contributed by atoms with Gasteiger partial charge in [0.05, 0.1) is 0 Å². The number of hydrogen-bond donors (Lipinski definition) is 1. The summed E-state index contributed by atoms with van der Waals surface area (Å²) in [4.78, 5) is 21.5. The van der Waals surface area contributed by atoms with Gasteiger partial charge < -0.3 is 9.84 Å². The molecule has 0 unspecified atom stereocenters. The summed E-state index contributed by atoms with van der Waals surface area (Å²) in [5, 5.41) is 8.51. The average molecular weight is 222 g/mol. The third kappa shape index (κ3) is 3.47. The number of aliphatic carboxylic acids is 1. The van der Waals surface area contributed by atoms with E-state index in [1.165, 1.54) is 0 Å². The van der Waals surface area contributed by atoms with E-state index in [4.69, 9.17) is 9.84 Å². The van der Waals surface area contributed by atoms with E-state index in [2.05, 4.69) is 0 Å². The van der Waals surface area contributed by atoms with Crippen molar-refractivity contribution in [2.45, 2.75) is 12.8 Å². The molecule has 0 saturated heterocycles. The summed E-state index contributed by atoms with van der Waals surface area (Å²) in [5.74, 6) is -2.30. The number of Topliss-reactive ketones (excluding diaryl/α,β-unsaturated/α-hetero) is 1. The zero-order valence-corrected chi connectivity index (χ0v) is 9.10. The number of aryl methyl sites for hydroxylation is 1. The zero-order valence-electron chi connectivity index (χ0n) is 9.10. The molecule has 0 heterocycles. The molecule has 86 valence electrons. The van der Waals surface area contributed by atoms with Crippen molar-refractivity contribution in [3.8, 4) is 0 Å². The Bertz CT molecular complexity index is 367. The standard InChI is InChI=1S/C12H14O4/c1-16-8-2-3-9-4-6-10(7-5-9)11(13)12(14)15/h4-7H,2-3,8H2,1H3,(H,14,15). The number of carboxylic acids is 1. The molecule has 0 aliphatic rings. The number of carbonyl (C=O) groups is 2. The van der Waals surface area contributed by atoms with Gasteiger partial charge in [-0.05, 0) is 18.4 Å². The van der Waals surface area contributed by atoms with E-state index in [1.54, 1.807) is 31.4 Å². The van der Waals surface area contributed by atoms with Gasteiger partial charge in [-0.25, -0.2) is 4.79 Å². The number of carbonyl (C=O) groups excluding carboxylic acids is 1. The summed E-state index contributed by atoms with van der Waals surface area (Å²) in [6.07, 6.45) is 1.76. The number of hydrogen-bond acceptors (Lipinski definition) is 3. The first kappa shape index (κ1) is 12.4. The van der Waals surface area contributed by atoms with E-state index in [0.717, 1.165) is 18.4 Å². The van der Waals surface area contributed by atoms with Crippen LogP contribution in [0.3, 0.4) is 0 Å². The summed E-state index contributed by atoms with van der Waals surface area (Å²) in [6.45, 7) is 0.690. The molecule has 0 radical (unpaired) electrons. The maximum atomic E-state index is 11.1. The molecule has 0 aromatic heterocycles. The third-order valence-electron chi connectivity index (χ3n) is 2.22. The van der Waals surface area contributed by atoms with Crippen LogP contribution in [-0.2, 0) is 16.0 Å². The van der Waals surface area contributed by atoms with Crippen molar-refractivity contribution >= 4 is 11.8 Å². The highest BCUT2D eigenvalue weighted by molar-refractivity contribution is 6.39. The van der Waals surface area contributed by atoms with Crippen LogP contribution in [0.2, 0.25) is 0 Å². The zero-order chi connectivity index (χ0) is 12.0. The minimum Gasteiger partial charge on any atom is -0.475 e. The van der Waals surface area contributed by atoms with Gasteiger partial charge >= 0.3 is 5.97 Å². The Balaban J connectivity index is 2.61. The van der Waals surface area contributed by atoms with Crippen LogP contribution in [0.4, 0.5) is 0 Å². The Morgan fingerprint density at radius 2 is 1.88 bits per heavy atom. The van der Waals surface area contributed by atoms with Crippen LogP contribution in [0.15, 0.2) is 24.3 Å². The molecular weight excluding hydrogens is 208 g/mol. The minimum atomic E-state index is -1.42. The summed E-state index contributed by atoms with van der Waals surface area (Å²) < 4.78 is 4.93. The lowest BCUT2D eigenvalue weighted by atomic mass is 10.1. The van der Waals surface area contributed by atoms with Crippen LogP contribution in [0.5, 0.6) is 0 Å². The van der Waals surface area contributed by atoms with Crippen LogP contribution in [-0.4, -0.2) is 30.6 Å². The highest BCUT2D eigenvalue weighted by atomic mass is 16.5. The van der Waals surface area contributed by atoms with Crippen molar-refractivity contribution in [1.29, 1.82) is 0 Å². The monoisotopic (exact) mass is 222 g/mol. The van der Waals surface area contributed by atoms with Gasteiger partial charge in [-0.3, -0.25) is 4.79 Å². The summed E-state index contributed by atoms with van der Waals surface area (Å²) in [6, 6.07) is 6.62. The number of methoxy groups -OCH3 is 1. The number of benzene rings is 1. The van der Waals surface area contributed by atoms with Crippen molar-refractivity contribution in [1.82, 2.24) is 0 Å². The van der Waals surface area contributed by atoms with Gasteiger partial charge in [0.1, 0.15) is 0 Å². The first-order chi connectivity index (χ1) is 7.65. The van der Waals surface area contributed by atoms with E-state index < -0.39 is 11.8 Å². The highest BCUT2D eigenvalue weighted by Crippen LogP contribution is 2.07. The molecule has 0 spiro atoms. The Hall–Kier alpha value is -1.68. The SMILES string of the molecule is COCCCc1ccc(C(=O)C(=O)O)cc1. The van der Waals surface area contributed by atoms with Gasteiger partial charge in [-0.15, -0.1) is 0 Å². The number of ether oxygens (including phenoxy) is 1. The van der Waals surface area contributed by atoms with Gasteiger partial charge in [0.25, 0.3) is 5.78 Å². The van der Waals surface area contributed by atoms with E-state index in [0.29, 0.717) is 6.61 Å². The molecular formula is C12H14O4. The van der Waals surface area contributed by atoms with Crippen LogP contribution in [0.25, 0.3) is 0 Å². The van der Waals surface area contributed by atoms with Gasteiger partial charge in [-0.2, -0.15) is 0 Å². The van der Waals surface area contributed by atoms with Gasteiger partial charge in [-0.1, -0.05) is 24.3 Å². The van der Waals surface area contributed by atoms with Gasteiger partial charge in [0, 0.05) is 19.3 Å². The normalized spacial score (nSPS) is 10.1. The average Bonchev–Trinajstić information content (AvgIpc) is 2.29. The van der Waals surface area contributed by atoms with Crippen molar-refractivity contribution in [2.75, 3.05) is 13.7 Å². The number of rotatable bonds is 6. The van der Waals surface area contributed by atoms with Crippen molar-refractivity contribution < 1.29 is 19.4 Å². The highest BCUT2D eigenvalue weighted by Gasteiger charge is 2.13. The smallest absolute Gasteiger partial charge is 0.377 e. The third-order valence-corrected chi connectivity index (χ3v) is 2.22. The van der Waals surface area contributed by atoms with Crippen LogP contribution < -0.4 is 0 Å². The quantitative estimate of drug-likeness (QED) is 0.450. The minimum absolute atomic E-state index is 0.211. The predicted molar refractivity (Wildman–Crippen MR) is 58.6 cm³/mol. The fraction of sp³-hybridized carbons (Fsp3) is 0.333. The van der Waals surface area contributed by atoms with E-state index >= 15 is 0 Å². The largest absolute Gasteiger partial charge is 0.475 e. The molecule has 1 aromatic rings. The molecule has 0 saturated carbocycles. The molecule has 0 aliphatic heterocycles. The predicted octanol–water partition coefficient (Wildman–Crippen LogP) is 1.53. The molecule has 1 rings (SSSR count). The lowest BCUT2D eigenvalue weighted by Gasteiger charge is -2.02. The first-order valence-corrected chi connectivity index (χ1v) is 5.00. The van der Waals surface area contributed by atoms with Crippen molar-refractivity contribution in [2.24, 2.45) is 0 Å².